The summed E-state index contributed by atoms with van der Waals surface area (Å²) in [6.07, 6.45) is 4.73. The minimum atomic E-state index is -1.15. The largest absolute Gasteiger partial charge is 0.370 e. The van der Waals surface area contributed by atoms with Crippen LogP contribution < -0.4 is 15.5 Å². The van der Waals surface area contributed by atoms with Crippen molar-refractivity contribution in [2.75, 3.05) is 49.5 Å². The number of imide groups is 2. The number of hydrogen-bond acceptors (Lipinski definition) is 12. The summed E-state index contributed by atoms with van der Waals surface area (Å²) in [5.74, 6) is -3.52. The summed E-state index contributed by atoms with van der Waals surface area (Å²) in [6, 6.07) is 8.97. The highest BCUT2D eigenvalue weighted by Gasteiger charge is 2.46. The van der Waals surface area contributed by atoms with Gasteiger partial charge in [-0.25, -0.2) is 33.1 Å². The fourth-order valence-corrected chi connectivity index (χ4v) is 9.15. The molecule has 9 rings (SSSR count). The minimum Gasteiger partial charge on any atom is -0.370 e. The van der Waals surface area contributed by atoms with Gasteiger partial charge in [-0.3, -0.25) is 39.2 Å². The number of rotatable bonds is 9. The van der Waals surface area contributed by atoms with E-state index < -0.39 is 47.1 Å². The number of carbonyl (C=O) groups excluding carboxylic acids is 4. The van der Waals surface area contributed by atoms with Gasteiger partial charge in [-0.15, -0.1) is 0 Å². The molecular formula is C43H44F3N11O4. The van der Waals surface area contributed by atoms with Gasteiger partial charge in [-0.1, -0.05) is 6.07 Å². The summed E-state index contributed by atoms with van der Waals surface area (Å²) < 4.78 is 48.0. The van der Waals surface area contributed by atoms with Crippen molar-refractivity contribution in [3.63, 3.8) is 0 Å². The average Bonchev–Trinajstić information content (AvgIpc) is 3.72. The van der Waals surface area contributed by atoms with E-state index >= 15 is 13.2 Å². The zero-order valence-electron chi connectivity index (χ0n) is 33.9. The number of nitrogens with one attached hydrogen (secondary N) is 2. The number of aromatic nitrogens is 5. The first kappa shape index (κ1) is 40.2. The SMILES string of the molecule is Cc1nc2c(F)cc(-c3nc(Nc4ccc(N5CCC(N6CCN(Cc7ccc8c(c7F)C(=O)N(C7CCC(=O)NC7=O)C8=O)CC6)CC5)cn4)ncc3F)cc2n1C(C)C. The van der Waals surface area contributed by atoms with Crippen molar-refractivity contribution in [3.05, 3.63) is 88.8 Å². The van der Waals surface area contributed by atoms with Gasteiger partial charge in [0.2, 0.25) is 17.8 Å². The van der Waals surface area contributed by atoms with Crippen molar-refractivity contribution >= 4 is 52.1 Å². The predicted molar refractivity (Wildman–Crippen MR) is 218 cm³/mol. The van der Waals surface area contributed by atoms with Gasteiger partial charge in [0, 0.05) is 75.4 Å². The Morgan fingerprint density at radius 2 is 1.62 bits per heavy atom. The predicted octanol–water partition coefficient (Wildman–Crippen LogP) is 5.13. The van der Waals surface area contributed by atoms with Gasteiger partial charge >= 0.3 is 0 Å². The number of carbonyl (C=O) groups is 4. The smallest absolute Gasteiger partial charge is 0.265 e. The van der Waals surface area contributed by atoms with Crippen LogP contribution in [0.2, 0.25) is 0 Å². The summed E-state index contributed by atoms with van der Waals surface area (Å²) in [5.41, 5.74) is 1.91. The van der Waals surface area contributed by atoms with Gasteiger partial charge < -0.3 is 14.8 Å². The highest BCUT2D eigenvalue weighted by Crippen LogP contribution is 2.33. The van der Waals surface area contributed by atoms with Crippen LogP contribution in [0.25, 0.3) is 22.3 Å². The lowest BCUT2D eigenvalue weighted by Crippen LogP contribution is -2.54. The Balaban J connectivity index is 0.775. The normalized spacial score (nSPS) is 19.4. The molecule has 4 aliphatic heterocycles. The molecule has 4 amide bonds. The Kier molecular flexibility index (Phi) is 10.5. The van der Waals surface area contributed by atoms with Crippen molar-refractivity contribution in [2.24, 2.45) is 0 Å². The molecule has 7 heterocycles. The van der Waals surface area contributed by atoms with E-state index in [0.29, 0.717) is 41.9 Å². The maximum Gasteiger partial charge on any atom is 0.265 e. The van der Waals surface area contributed by atoms with Gasteiger partial charge in [0.15, 0.2) is 11.6 Å². The van der Waals surface area contributed by atoms with Gasteiger partial charge in [0.05, 0.1) is 34.7 Å². The van der Waals surface area contributed by atoms with E-state index in [4.69, 9.17) is 0 Å². The molecule has 3 saturated heterocycles. The zero-order valence-corrected chi connectivity index (χ0v) is 33.9. The number of benzene rings is 2. The highest BCUT2D eigenvalue weighted by atomic mass is 19.1. The van der Waals surface area contributed by atoms with Crippen molar-refractivity contribution in [1.82, 2.24) is 44.5 Å². The van der Waals surface area contributed by atoms with Crippen molar-refractivity contribution in [2.45, 2.75) is 71.1 Å². The summed E-state index contributed by atoms with van der Waals surface area (Å²) in [7, 11) is 0. The molecule has 316 valence electrons. The van der Waals surface area contributed by atoms with Crippen LogP contribution in [0.1, 0.15) is 77.7 Å². The van der Waals surface area contributed by atoms with Crippen molar-refractivity contribution in [3.8, 4) is 11.3 Å². The molecule has 1 atom stereocenters. The first-order valence-corrected chi connectivity index (χ1v) is 20.5. The molecule has 3 aromatic heterocycles. The molecule has 3 fully saturated rings. The summed E-state index contributed by atoms with van der Waals surface area (Å²) in [6.45, 7) is 10.7. The first-order chi connectivity index (χ1) is 29.3. The van der Waals surface area contributed by atoms with E-state index in [1.807, 2.05) is 37.5 Å². The molecule has 18 heteroatoms. The van der Waals surface area contributed by atoms with E-state index in [1.54, 1.807) is 12.3 Å². The number of anilines is 3. The number of pyridine rings is 1. The molecule has 0 spiro atoms. The van der Waals surface area contributed by atoms with Crippen LogP contribution in [-0.2, 0) is 16.1 Å². The second-order valence-corrected chi connectivity index (χ2v) is 16.3. The van der Waals surface area contributed by atoms with Gasteiger partial charge in [-0.2, -0.15) is 0 Å². The van der Waals surface area contributed by atoms with E-state index in [-0.39, 0.29) is 59.3 Å². The second kappa shape index (κ2) is 16.0. The molecule has 0 saturated carbocycles. The van der Waals surface area contributed by atoms with Crippen LogP contribution >= 0.6 is 0 Å². The quantitative estimate of drug-likeness (QED) is 0.189. The van der Waals surface area contributed by atoms with Crippen LogP contribution in [0.4, 0.5) is 30.6 Å². The van der Waals surface area contributed by atoms with E-state index in [1.165, 1.54) is 18.2 Å². The number of amides is 4. The molecule has 4 aliphatic rings. The van der Waals surface area contributed by atoms with Gasteiger partial charge in [0.1, 0.15) is 34.7 Å². The highest BCUT2D eigenvalue weighted by molar-refractivity contribution is 6.23. The molecule has 61 heavy (non-hydrogen) atoms. The molecule has 2 aromatic carbocycles. The topological polar surface area (TPSA) is 162 Å². The number of piperidine rings is 2. The monoisotopic (exact) mass is 835 g/mol. The molecular weight excluding hydrogens is 792 g/mol. The van der Waals surface area contributed by atoms with Crippen molar-refractivity contribution in [1.29, 1.82) is 0 Å². The standard InChI is InChI=1S/C43H44F3N11O4/c1-23(2)56-24(3)49-39-30(44)18-26(19-33(39)56)38-31(45)21-48-43(52-38)50-34-8-5-28(20-47-34)54-12-10-27(11-13-54)55-16-14-53(15-17-55)22-25-4-6-29-36(37(25)46)42(61)57(41(29)60)32-7-9-35(58)51-40(32)59/h4-6,8,18-21,23,27,32H,7,9-17,22H2,1-3H3,(H,51,58,59)(H,47,48,50,52). The molecule has 0 radical (unpaired) electrons. The maximum atomic E-state index is 15.8. The average molecular weight is 836 g/mol. The summed E-state index contributed by atoms with van der Waals surface area (Å²) in [4.78, 5) is 75.5. The van der Waals surface area contributed by atoms with Crippen LogP contribution in [0.3, 0.4) is 0 Å². The summed E-state index contributed by atoms with van der Waals surface area (Å²) >= 11 is 0. The number of hydrogen-bond donors (Lipinski definition) is 2. The van der Waals surface area contributed by atoms with Crippen molar-refractivity contribution < 1.29 is 32.3 Å². The lowest BCUT2D eigenvalue weighted by atomic mass is 10.0. The second-order valence-electron chi connectivity index (χ2n) is 16.3. The number of halogens is 3. The van der Waals surface area contributed by atoms with E-state index in [2.05, 4.69) is 45.3 Å². The van der Waals surface area contributed by atoms with E-state index in [9.17, 15) is 19.2 Å². The lowest BCUT2D eigenvalue weighted by Gasteiger charge is -2.43. The molecule has 2 N–H and O–H groups in total. The van der Waals surface area contributed by atoms with Gasteiger partial charge in [0.25, 0.3) is 11.8 Å². The van der Waals surface area contributed by atoms with E-state index in [0.717, 1.165) is 55.8 Å². The molecule has 1 unspecified atom stereocenters. The number of aryl methyl sites for hydroxylation is 1. The maximum absolute atomic E-state index is 15.8. The fraction of sp³-hybridized carbons (Fsp3) is 0.395. The third-order valence-corrected chi connectivity index (χ3v) is 12.2. The fourth-order valence-electron chi connectivity index (χ4n) is 9.15. The zero-order chi connectivity index (χ0) is 42.7. The Morgan fingerprint density at radius 1 is 0.852 bits per heavy atom. The number of piperazine rings is 1. The van der Waals surface area contributed by atoms with Crippen LogP contribution in [0.5, 0.6) is 0 Å². The Labute approximate surface area is 349 Å². The molecule has 15 nitrogen and oxygen atoms in total. The number of nitrogens with zero attached hydrogens (tertiary/aromatic N) is 9. The van der Waals surface area contributed by atoms with Gasteiger partial charge in [-0.05, 0) is 70.4 Å². The molecule has 5 aromatic rings. The Morgan fingerprint density at radius 3 is 2.33 bits per heavy atom. The van der Waals surface area contributed by atoms with Crippen LogP contribution in [0, 0.1) is 24.4 Å². The number of fused-ring (bicyclic) bond motifs is 2. The first-order valence-electron chi connectivity index (χ1n) is 20.5. The third-order valence-electron chi connectivity index (χ3n) is 12.2. The Bertz CT molecular complexity index is 2580. The number of imidazole rings is 1. The van der Waals surface area contributed by atoms with Crippen LogP contribution in [-0.4, -0.2) is 114 Å². The van der Waals surface area contributed by atoms with Crippen LogP contribution in [0.15, 0.2) is 48.8 Å². The third kappa shape index (κ3) is 7.47. The Hall–Kier alpha value is -6.27. The molecule has 0 aliphatic carbocycles. The lowest BCUT2D eigenvalue weighted by molar-refractivity contribution is -0.136. The minimum absolute atomic E-state index is 0.00578. The molecule has 0 bridgehead atoms. The summed E-state index contributed by atoms with van der Waals surface area (Å²) in [5, 5.41) is 5.20.